The number of hydrazine groups is 1. The molecule has 332 valence electrons. The third-order valence-electron chi connectivity index (χ3n) is 13.1. The minimum atomic E-state index is -1.09. The van der Waals surface area contributed by atoms with Crippen molar-refractivity contribution >= 4 is 34.6 Å². The molecule has 1 saturated carbocycles. The Labute approximate surface area is 365 Å². The molecule has 3 N–H and O–H groups in total. The van der Waals surface area contributed by atoms with E-state index in [0.29, 0.717) is 43.8 Å². The van der Waals surface area contributed by atoms with Crippen molar-refractivity contribution < 1.29 is 33.8 Å². The molecule has 7 rings (SSSR count). The lowest BCUT2D eigenvalue weighted by molar-refractivity contribution is -0.155. The number of aromatic hydroxyl groups is 1. The maximum Gasteiger partial charge on any atom is 0.324 e. The number of likely N-dealkylation sites (N-methyl/N-ethyl adjacent to an activating group) is 1. The first-order valence-corrected chi connectivity index (χ1v) is 22.3. The number of aromatic nitrogens is 2. The van der Waals surface area contributed by atoms with Crippen LogP contribution in [0.5, 0.6) is 5.75 Å². The highest BCUT2D eigenvalue weighted by Gasteiger charge is 2.41. The number of ether oxygens (including phenoxy) is 2. The maximum atomic E-state index is 14.6. The maximum absolute atomic E-state index is 14.6. The lowest BCUT2D eigenvalue weighted by Crippen LogP contribution is -2.62. The molecule has 62 heavy (non-hydrogen) atoms. The van der Waals surface area contributed by atoms with Crippen LogP contribution < -0.4 is 10.7 Å². The van der Waals surface area contributed by atoms with Gasteiger partial charge in [-0.3, -0.25) is 29.2 Å². The van der Waals surface area contributed by atoms with Crippen molar-refractivity contribution in [2.24, 2.45) is 23.2 Å². The van der Waals surface area contributed by atoms with Crippen molar-refractivity contribution in [1.82, 2.24) is 30.2 Å². The topological polar surface area (TPSA) is 155 Å². The molecular weight excluding hydrogens is 785 g/mol. The lowest BCUT2D eigenvalue weighted by atomic mass is 9.75. The number of esters is 1. The van der Waals surface area contributed by atoms with Crippen LogP contribution in [0.4, 0.5) is 0 Å². The first-order chi connectivity index (χ1) is 29.5. The summed E-state index contributed by atoms with van der Waals surface area (Å²) < 4.78 is 14.2. The Morgan fingerprint density at radius 3 is 2.55 bits per heavy atom. The van der Waals surface area contributed by atoms with Gasteiger partial charge in [0.05, 0.1) is 24.1 Å². The number of carbonyl (C=O) groups is 4. The number of cyclic esters (lactones) is 1. The van der Waals surface area contributed by atoms with Gasteiger partial charge >= 0.3 is 5.97 Å². The van der Waals surface area contributed by atoms with E-state index in [-0.39, 0.29) is 42.6 Å². The van der Waals surface area contributed by atoms with Crippen molar-refractivity contribution in [1.29, 1.82) is 0 Å². The van der Waals surface area contributed by atoms with E-state index < -0.39 is 41.3 Å². The number of phenolic OH excluding ortho intramolecular Hbond substituents is 1. The zero-order chi connectivity index (χ0) is 44.6. The van der Waals surface area contributed by atoms with E-state index in [2.05, 4.69) is 61.2 Å². The first kappa shape index (κ1) is 44.8. The highest BCUT2D eigenvalue weighted by Crippen LogP contribution is 2.42. The number of rotatable bonds is 9. The minimum Gasteiger partial charge on any atom is -0.508 e. The van der Waals surface area contributed by atoms with Gasteiger partial charge in [0.1, 0.15) is 23.9 Å². The molecule has 13 nitrogen and oxygen atoms in total. The minimum absolute atomic E-state index is 0.0188. The molecule has 6 bridgehead atoms. The number of fused-ring (bicyclic) bond motifs is 6. The van der Waals surface area contributed by atoms with Crippen LogP contribution in [0.1, 0.15) is 97.1 Å². The molecular formula is C49H64N6O7. The number of hydrogen-bond donors (Lipinski definition) is 3. The summed E-state index contributed by atoms with van der Waals surface area (Å²) in [4.78, 5) is 62.7. The molecule has 4 aromatic rings. The fourth-order valence-electron chi connectivity index (χ4n) is 9.78. The van der Waals surface area contributed by atoms with Gasteiger partial charge in [-0.2, -0.15) is 0 Å². The molecule has 1 aliphatic carbocycles. The molecule has 3 amide bonds. The highest BCUT2D eigenvalue weighted by molar-refractivity contribution is 5.96. The molecule has 0 spiro atoms. The third-order valence-corrected chi connectivity index (χ3v) is 13.1. The summed E-state index contributed by atoms with van der Waals surface area (Å²) in [5.74, 6) is -1.27. The van der Waals surface area contributed by atoms with Gasteiger partial charge in [0, 0.05) is 67.7 Å². The summed E-state index contributed by atoms with van der Waals surface area (Å²) in [5, 5.41) is 16.7. The molecule has 0 radical (unpaired) electrons. The predicted molar refractivity (Wildman–Crippen MR) is 239 cm³/mol. The standard InChI is InChI=1S/C49H64N6O7/c1-10-54-41-16-15-32-25-37(41)38(44(54)36-13-11-17-50-42(36)30(5)61-9)26-49(6,7)27-62-48(60)39-14-12-18-55(52-39)47(59)40(23-31-21-33(32)24-35(56)22-31)51-45(57)43(28(2)3)53(8)46(58)34-19-29(4)20-34/h11,13,15-17,21-22,24-25,28-30,34,39-40,43,52,56H,10,12,14,18-20,23,26-27H2,1-9H3,(H,51,57)/t29-,30-,34+,39-,40-,43-/m0/s1. The van der Waals surface area contributed by atoms with E-state index in [9.17, 15) is 24.3 Å². The van der Waals surface area contributed by atoms with Gasteiger partial charge in [-0.15, -0.1) is 0 Å². The second-order valence-electron chi connectivity index (χ2n) is 18.9. The van der Waals surface area contributed by atoms with Crippen LogP contribution in [-0.2, 0) is 48.0 Å². The number of nitrogens with zero attached hydrogens (tertiary/aromatic N) is 4. The zero-order valence-electron chi connectivity index (χ0n) is 37.8. The van der Waals surface area contributed by atoms with Crippen LogP contribution in [0, 0.1) is 23.2 Å². The molecule has 4 heterocycles. The number of nitrogens with one attached hydrogen (secondary N) is 2. The molecule has 0 unspecified atom stereocenters. The van der Waals surface area contributed by atoms with E-state index in [1.165, 1.54) is 9.91 Å². The molecule has 2 aliphatic heterocycles. The second-order valence-corrected chi connectivity index (χ2v) is 18.9. The number of benzene rings is 2. The van der Waals surface area contributed by atoms with Crippen LogP contribution in [0.25, 0.3) is 33.3 Å². The number of methoxy groups -OCH3 is 1. The van der Waals surface area contributed by atoms with Crippen LogP contribution in [0.15, 0.2) is 54.7 Å². The van der Waals surface area contributed by atoms with Gasteiger partial charge in [-0.05, 0) is 116 Å². The zero-order valence-corrected chi connectivity index (χ0v) is 37.8. The normalized spacial score (nSPS) is 22.6. The Kier molecular flexibility index (Phi) is 13.2. The Bertz CT molecular complexity index is 2330. The number of pyridine rings is 1. The van der Waals surface area contributed by atoms with E-state index in [1.807, 2.05) is 39.0 Å². The van der Waals surface area contributed by atoms with Gasteiger partial charge in [0.25, 0.3) is 5.91 Å². The fraction of sp³-hybridized carbons (Fsp3) is 0.531. The summed E-state index contributed by atoms with van der Waals surface area (Å²) >= 11 is 0. The number of hydrogen-bond acceptors (Lipinski definition) is 9. The van der Waals surface area contributed by atoms with Crippen LogP contribution in [-0.4, -0.2) is 93.7 Å². The van der Waals surface area contributed by atoms with Crippen molar-refractivity contribution in [2.75, 3.05) is 27.3 Å². The van der Waals surface area contributed by atoms with Gasteiger partial charge in [-0.25, -0.2) is 5.43 Å². The van der Waals surface area contributed by atoms with E-state index >= 15 is 0 Å². The second kappa shape index (κ2) is 18.2. The van der Waals surface area contributed by atoms with Gasteiger partial charge < -0.3 is 29.4 Å². The lowest BCUT2D eigenvalue weighted by Gasteiger charge is -2.39. The summed E-state index contributed by atoms with van der Waals surface area (Å²) in [6.07, 6.45) is 4.71. The Balaban J connectivity index is 1.34. The number of phenols is 1. The van der Waals surface area contributed by atoms with Crippen molar-refractivity contribution in [3.63, 3.8) is 0 Å². The van der Waals surface area contributed by atoms with E-state index in [0.717, 1.165) is 57.4 Å². The highest BCUT2D eigenvalue weighted by atomic mass is 16.5. The third kappa shape index (κ3) is 9.11. The van der Waals surface area contributed by atoms with Crippen molar-refractivity contribution in [3.8, 4) is 28.1 Å². The average Bonchev–Trinajstić information content (AvgIpc) is 3.54. The molecule has 1 saturated heterocycles. The fourth-order valence-corrected chi connectivity index (χ4v) is 9.78. The van der Waals surface area contributed by atoms with E-state index in [4.69, 9.17) is 14.5 Å². The Morgan fingerprint density at radius 2 is 1.85 bits per heavy atom. The van der Waals surface area contributed by atoms with Gasteiger partial charge in [0.15, 0.2) is 0 Å². The Hall–Kier alpha value is -5.27. The molecule has 2 fully saturated rings. The molecule has 4 atom stereocenters. The van der Waals surface area contributed by atoms with Crippen LogP contribution >= 0.6 is 0 Å². The molecule has 2 aromatic heterocycles. The summed E-state index contributed by atoms with van der Waals surface area (Å²) in [6, 6.07) is 12.9. The van der Waals surface area contributed by atoms with Gasteiger partial charge in [-0.1, -0.05) is 46.8 Å². The smallest absolute Gasteiger partial charge is 0.324 e. The van der Waals surface area contributed by atoms with Gasteiger partial charge in [0.2, 0.25) is 11.8 Å². The van der Waals surface area contributed by atoms with E-state index in [1.54, 1.807) is 32.5 Å². The number of aryl methyl sites for hydroxylation is 1. The number of carbonyl (C=O) groups excluding carboxylic acids is 4. The average molecular weight is 849 g/mol. The largest absolute Gasteiger partial charge is 0.508 e. The first-order valence-electron chi connectivity index (χ1n) is 22.3. The molecule has 3 aliphatic rings. The summed E-state index contributed by atoms with van der Waals surface area (Å²) in [5.41, 5.74) is 9.76. The van der Waals surface area contributed by atoms with Crippen molar-refractivity contribution in [3.05, 3.63) is 71.5 Å². The quantitative estimate of drug-likeness (QED) is 0.151. The van der Waals surface area contributed by atoms with Crippen LogP contribution in [0.2, 0.25) is 0 Å². The van der Waals surface area contributed by atoms with Crippen molar-refractivity contribution in [2.45, 2.75) is 118 Å². The number of amides is 3. The molecule has 2 aromatic carbocycles. The Morgan fingerprint density at radius 1 is 1.10 bits per heavy atom. The summed E-state index contributed by atoms with van der Waals surface area (Å²) in [7, 11) is 3.35. The summed E-state index contributed by atoms with van der Waals surface area (Å²) in [6.45, 7) is 15.3. The molecule has 13 heteroatoms. The SMILES string of the molecule is CCn1c(-c2cccnc2[C@H](C)OC)c2c3cc(ccc31)-c1cc(O)cc(c1)C[C@H](NC(=O)[C@H](C(C)C)N(C)C(=O)[C@H]1C[C@@H](C)C1)C(=O)N1CCC[C@H](N1)C(=O)OCC(C)(C)C2. The monoisotopic (exact) mass is 848 g/mol. The van der Waals surface area contributed by atoms with Crippen LogP contribution in [0.3, 0.4) is 0 Å². The predicted octanol–water partition coefficient (Wildman–Crippen LogP) is 6.98.